The minimum atomic E-state index is -3.40. The van der Waals surface area contributed by atoms with Crippen LogP contribution in [0.5, 0.6) is 0 Å². The molecule has 0 spiro atoms. The molecule has 1 aromatic heterocycles. The number of hydrogen-bond donors (Lipinski definition) is 1. The van der Waals surface area contributed by atoms with Gasteiger partial charge in [-0.2, -0.15) is 4.31 Å². The summed E-state index contributed by atoms with van der Waals surface area (Å²) in [6.07, 6.45) is 1.74. The van der Waals surface area contributed by atoms with Crippen LogP contribution in [0.15, 0.2) is 21.7 Å². The summed E-state index contributed by atoms with van der Waals surface area (Å²) in [7, 11) is -3.40. The molecular weight excluding hydrogens is 246 g/mol. The number of sulfonamides is 1. The second-order valence-electron chi connectivity index (χ2n) is 3.41. The average molecular weight is 263 g/mol. The van der Waals surface area contributed by atoms with Gasteiger partial charge in [0.1, 0.15) is 4.21 Å². The predicted molar refractivity (Wildman–Crippen MR) is 65.1 cm³/mol. The van der Waals surface area contributed by atoms with Gasteiger partial charge in [0.15, 0.2) is 0 Å². The van der Waals surface area contributed by atoms with Gasteiger partial charge in [0.2, 0.25) is 0 Å². The summed E-state index contributed by atoms with van der Waals surface area (Å²) in [5.74, 6) is 0. The largest absolute Gasteiger partial charge is 0.395 e. The Kier molecular flexibility index (Phi) is 5.40. The first kappa shape index (κ1) is 13.6. The minimum absolute atomic E-state index is 0.145. The van der Waals surface area contributed by atoms with Crippen molar-refractivity contribution in [3.63, 3.8) is 0 Å². The predicted octanol–water partition coefficient (Wildman–Crippen LogP) is 1.53. The van der Waals surface area contributed by atoms with E-state index < -0.39 is 10.0 Å². The maximum absolute atomic E-state index is 12.1. The van der Waals surface area contributed by atoms with Gasteiger partial charge in [-0.1, -0.05) is 19.4 Å². The molecule has 0 unspecified atom stereocenters. The normalized spacial score (nSPS) is 12.2. The van der Waals surface area contributed by atoms with Crippen LogP contribution in [-0.2, 0) is 10.0 Å². The SMILES string of the molecule is CCCCN(CCO)S(=O)(=O)c1cccs1. The topological polar surface area (TPSA) is 57.6 Å². The number of nitrogens with zero attached hydrogens (tertiary/aromatic N) is 1. The molecule has 0 aromatic carbocycles. The highest BCUT2D eigenvalue weighted by Gasteiger charge is 2.24. The van der Waals surface area contributed by atoms with Crippen LogP contribution in [-0.4, -0.2) is 37.5 Å². The highest BCUT2D eigenvalue weighted by molar-refractivity contribution is 7.91. The molecule has 0 bridgehead atoms. The summed E-state index contributed by atoms with van der Waals surface area (Å²) in [6, 6.07) is 3.31. The lowest BCUT2D eigenvalue weighted by Crippen LogP contribution is -2.34. The molecule has 4 nitrogen and oxygen atoms in total. The van der Waals surface area contributed by atoms with E-state index in [0.717, 1.165) is 12.8 Å². The Labute approximate surface area is 101 Å². The molecule has 1 rings (SSSR count). The first-order valence-electron chi connectivity index (χ1n) is 5.27. The fraction of sp³-hybridized carbons (Fsp3) is 0.600. The van der Waals surface area contributed by atoms with Crippen molar-refractivity contribution in [2.45, 2.75) is 24.0 Å². The Morgan fingerprint density at radius 2 is 2.19 bits per heavy atom. The van der Waals surface area contributed by atoms with Crippen LogP contribution in [0, 0.1) is 0 Å². The molecule has 1 N–H and O–H groups in total. The number of aliphatic hydroxyl groups excluding tert-OH is 1. The molecule has 0 aliphatic carbocycles. The smallest absolute Gasteiger partial charge is 0.252 e. The van der Waals surface area contributed by atoms with Crippen LogP contribution >= 0.6 is 11.3 Å². The Morgan fingerprint density at radius 3 is 2.69 bits per heavy atom. The van der Waals surface area contributed by atoms with Crippen molar-refractivity contribution in [2.75, 3.05) is 19.7 Å². The van der Waals surface area contributed by atoms with Crippen molar-refractivity contribution in [3.8, 4) is 0 Å². The average Bonchev–Trinajstić information content (AvgIpc) is 2.77. The number of hydrogen-bond acceptors (Lipinski definition) is 4. The van der Waals surface area contributed by atoms with Gasteiger partial charge in [0, 0.05) is 13.1 Å². The molecule has 92 valence electrons. The number of rotatable bonds is 7. The Morgan fingerprint density at radius 1 is 1.44 bits per heavy atom. The van der Waals surface area contributed by atoms with Crippen LogP contribution < -0.4 is 0 Å². The summed E-state index contributed by atoms with van der Waals surface area (Å²) in [5, 5.41) is 10.6. The maximum atomic E-state index is 12.1. The van der Waals surface area contributed by atoms with Crippen molar-refractivity contribution in [1.29, 1.82) is 0 Å². The monoisotopic (exact) mass is 263 g/mol. The molecule has 0 atom stereocenters. The van der Waals surface area contributed by atoms with E-state index >= 15 is 0 Å². The molecule has 1 aromatic rings. The van der Waals surface area contributed by atoms with Crippen LogP contribution in [0.3, 0.4) is 0 Å². The molecule has 1 heterocycles. The van der Waals surface area contributed by atoms with Crippen molar-refractivity contribution in [2.24, 2.45) is 0 Å². The fourth-order valence-electron chi connectivity index (χ4n) is 1.34. The number of thiophene rings is 1. The third kappa shape index (κ3) is 3.28. The second kappa shape index (κ2) is 6.34. The molecule has 6 heteroatoms. The number of aliphatic hydroxyl groups is 1. The Balaban J connectivity index is 2.84. The van der Waals surface area contributed by atoms with Crippen molar-refractivity contribution in [1.82, 2.24) is 4.31 Å². The molecule has 0 aliphatic rings. The highest BCUT2D eigenvalue weighted by Crippen LogP contribution is 2.20. The molecule has 0 saturated heterocycles. The quantitative estimate of drug-likeness (QED) is 0.811. The zero-order chi connectivity index (χ0) is 12.0. The lowest BCUT2D eigenvalue weighted by molar-refractivity contribution is 0.252. The lowest BCUT2D eigenvalue weighted by atomic mass is 10.3. The molecule has 0 amide bonds. The Bertz CT molecular complexity index is 386. The van der Waals surface area contributed by atoms with Gasteiger partial charge in [-0.25, -0.2) is 8.42 Å². The van der Waals surface area contributed by atoms with Crippen molar-refractivity contribution in [3.05, 3.63) is 17.5 Å². The van der Waals surface area contributed by atoms with E-state index in [4.69, 9.17) is 5.11 Å². The van der Waals surface area contributed by atoms with Gasteiger partial charge in [-0.3, -0.25) is 0 Å². The van der Waals surface area contributed by atoms with Crippen molar-refractivity contribution >= 4 is 21.4 Å². The van der Waals surface area contributed by atoms with Crippen LogP contribution in [0.4, 0.5) is 0 Å². The first-order valence-corrected chi connectivity index (χ1v) is 7.59. The molecule has 16 heavy (non-hydrogen) atoms. The second-order valence-corrected chi connectivity index (χ2v) is 6.53. The summed E-state index contributed by atoms with van der Waals surface area (Å²) in [5.41, 5.74) is 0. The van der Waals surface area contributed by atoms with Crippen LogP contribution in [0.25, 0.3) is 0 Å². The van der Waals surface area contributed by atoms with Gasteiger partial charge in [0.25, 0.3) is 10.0 Å². The van der Waals surface area contributed by atoms with E-state index in [1.807, 2.05) is 6.92 Å². The van der Waals surface area contributed by atoms with Crippen molar-refractivity contribution < 1.29 is 13.5 Å². The van der Waals surface area contributed by atoms with E-state index in [0.29, 0.717) is 10.8 Å². The molecule has 0 saturated carbocycles. The summed E-state index contributed by atoms with van der Waals surface area (Å²) >= 11 is 1.21. The molecular formula is C10H17NO3S2. The van der Waals surface area contributed by atoms with E-state index in [1.165, 1.54) is 15.6 Å². The third-order valence-corrected chi connectivity index (χ3v) is 5.47. The van der Waals surface area contributed by atoms with Gasteiger partial charge in [0.05, 0.1) is 6.61 Å². The van der Waals surface area contributed by atoms with Gasteiger partial charge in [-0.15, -0.1) is 11.3 Å². The Hall–Kier alpha value is -0.430. The van der Waals surface area contributed by atoms with E-state index in [9.17, 15) is 8.42 Å². The van der Waals surface area contributed by atoms with Gasteiger partial charge >= 0.3 is 0 Å². The lowest BCUT2D eigenvalue weighted by Gasteiger charge is -2.19. The van der Waals surface area contributed by atoms with E-state index in [2.05, 4.69) is 0 Å². The fourth-order valence-corrected chi connectivity index (χ4v) is 3.95. The van der Waals surface area contributed by atoms with Crippen LogP contribution in [0.2, 0.25) is 0 Å². The highest BCUT2D eigenvalue weighted by atomic mass is 32.2. The standard InChI is InChI=1S/C10H17NO3S2/c1-2-3-6-11(7-8-12)16(13,14)10-5-4-9-15-10/h4-5,9,12H,2-3,6-8H2,1H3. The third-order valence-electron chi connectivity index (χ3n) is 2.20. The summed E-state index contributed by atoms with van der Waals surface area (Å²) < 4.78 is 25.9. The maximum Gasteiger partial charge on any atom is 0.252 e. The summed E-state index contributed by atoms with van der Waals surface area (Å²) in [6.45, 7) is 2.50. The molecule has 0 radical (unpaired) electrons. The zero-order valence-corrected chi connectivity index (χ0v) is 10.9. The minimum Gasteiger partial charge on any atom is -0.395 e. The molecule has 0 aliphatic heterocycles. The number of unbranched alkanes of at least 4 members (excludes halogenated alkanes) is 1. The summed E-state index contributed by atoms with van der Waals surface area (Å²) in [4.78, 5) is 0. The first-order chi connectivity index (χ1) is 7.62. The molecule has 0 fully saturated rings. The van der Waals surface area contributed by atoms with Gasteiger partial charge in [-0.05, 0) is 17.9 Å². The van der Waals surface area contributed by atoms with E-state index in [-0.39, 0.29) is 13.2 Å². The van der Waals surface area contributed by atoms with Crippen LogP contribution in [0.1, 0.15) is 19.8 Å². The van der Waals surface area contributed by atoms with E-state index in [1.54, 1.807) is 17.5 Å². The zero-order valence-electron chi connectivity index (χ0n) is 9.30. The van der Waals surface area contributed by atoms with Gasteiger partial charge < -0.3 is 5.11 Å².